The van der Waals surface area contributed by atoms with Crippen LogP contribution >= 0.6 is 11.6 Å². The summed E-state index contributed by atoms with van der Waals surface area (Å²) in [6.45, 7) is 3.06. The third-order valence-electron chi connectivity index (χ3n) is 5.62. The number of anilines is 1. The van der Waals surface area contributed by atoms with Gasteiger partial charge >= 0.3 is 0 Å². The molecular weight excluding hydrogens is 486 g/mol. The molecule has 1 N–H and O–H groups in total. The molecule has 9 heteroatoms. The van der Waals surface area contributed by atoms with Crippen molar-refractivity contribution >= 4 is 39.1 Å². The van der Waals surface area contributed by atoms with E-state index in [2.05, 4.69) is 5.32 Å². The average molecular weight is 514 g/mol. The molecule has 0 bridgehead atoms. The van der Waals surface area contributed by atoms with Crippen molar-refractivity contribution in [1.82, 2.24) is 10.2 Å². The summed E-state index contributed by atoms with van der Waals surface area (Å²) >= 11 is 6.37. The van der Waals surface area contributed by atoms with Crippen LogP contribution in [0.25, 0.3) is 0 Å². The molecule has 0 saturated heterocycles. The fourth-order valence-corrected chi connectivity index (χ4v) is 5.30. The molecule has 2 amide bonds. The molecular formula is C26H28ClN3O4S. The largest absolute Gasteiger partial charge is 0.357 e. The van der Waals surface area contributed by atoms with E-state index >= 15 is 0 Å². The van der Waals surface area contributed by atoms with Crippen LogP contribution in [0.5, 0.6) is 0 Å². The second-order valence-electron chi connectivity index (χ2n) is 8.07. The van der Waals surface area contributed by atoms with E-state index in [1.807, 2.05) is 37.3 Å². The number of para-hydroxylation sites is 1. The molecule has 0 radical (unpaired) electrons. The lowest BCUT2D eigenvalue weighted by molar-refractivity contribution is -0.139. The van der Waals surface area contributed by atoms with E-state index in [-0.39, 0.29) is 28.1 Å². The third kappa shape index (κ3) is 6.21. The van der Waals surface area contributed by atoms with Gasteiger partial charge in [0.2, 0.25) is 11.8 Å². The van der Waals surface area contributed by atoms with E-state index in [1.54, 1.807) is 43.3 Å². The number of carbonyl (C=O) groups is 2. The van der Waals surface area contributed by atoms with Crippen LogP contribution in [0, 0.1) is 6.92 Å². The van der Waals surface area contributed by atoms with Gasteiger partial charge in [0.1, 0.15) is 12.6 Å². The van der Waals surface area contributed by atoms with Crippen LogP contribution in [0.15, 0.2) is 83.8 Å². The number of rotatable bonds is 9. The molecule has 0 unspecified atom stereocenters. The summed E-state index contributed by atoms with van der Waals surface area (Å²) in [5.41, 5.74) is 1.88. The second-order valence-corrected chi connectivity index (χ2v) is 10.3. The summed E-state index contributed by atoms with van der Waals surface area (Å²) in [6.07, 6.45) is 0. The zero-order valence-electron chi connectivity index (χ0n) is 19.8. The molecule has 3 aromatic carbocycles. The summed E-state index contributed by atoms with van der Waals surface area (Å²) in [4.78, 5) is 27.5. The fourth-order valence-electron chi connectivity index (χ4n) is 3.58. The molecule has 0 aliphatic heterocycles. The summed E-state index contributed by atoms with van der Waals surface area (Å²) in [7, 11) is -2.66. The van der Waals surface area contributed by atoms with Crippen LogP contribution in [0.2, 0.25) is 5.02 Å². The minimum atomic E-state index is -4.15. The van der Waals surface area contributed by atoms with E-state index in [1.165, 1.54) is 24.1 Å². The Morgan fingerprint density at radius 1 is 0.943 bits per heavy atom. The number of amides is 2. The van der Waals surface area contributed by atoms with Crippen molar-refractivity contribution in [3.05, 3.63) is 95.0 Å². The number of hydrogen-bond donors (Lipinski definition) is 1. The van der Waals surface area contributed by atoms with Crippen molar-refractivity contribution in [3.8, 4) is 0 Å². The van der Waals surface area contributed by atoms with Crippen molar-refractivity contribution in [3.63, 3.8) is 0 Å². The number of halogens is 1. The Hall–Kier alpha value is -3.36. The topological polar surface area (TPSA) is 86.8 Å². The lowest BCUT2D eigenvalue weighted by atomic mass is 10.1. The normalized spacial score (nSPS) is 12.0. The second kappa shape index (κ2) is 11.4. The van der Waals surface area contributed by atoms with Crippen LogP contribution in [-0.4, -0.2) is 44.8 Å². The summed E-state index contributed by atoms with van der Waals surface area (Å²) in [5, 5.41) is 2.74. The molecule has 184 valence electrons. The Kier molecular flexibility index (Phi) is 8.53. The number of hydrogen-bond acceptors (Lipinski definition) is 4. The molecule has 3 rings (SSSR count). The Labute approximate surface area is 211 Å². The molecule has 0 aliphatic rings. The van der Waals surface area contributed by atoms with E-state index < -0.39 is 28.5 Å². The molecule has 1 atom stereocenters. The smallest absolute Gasteiger partial charge is 0.264 e. The fraction of sp³-hybridized carbons (Fsp3) is 0.231. The van der Waals surface area contributed by atoms with Gasteiger partial charge in [0, 0.05) is 13.6 Å². The van der Waals surface area contributed by atoms with Gasteiger partial charge in [0.05, 0.1) is 15.6 Å². The van der Waals surface area contributed by atoms with Gasteiger partial charge in [0.25, 0.3) is 10.0 Å². The zero-order chi connectivity index (χ0) is 25.6. The van der Waals surface area contributed by atoms with E-state index in [0.717, 1.165) is 15.4 Å². The number of carbonyl (C=O) groups excluding carboxylic acids is 2. The van der Waals surface area contributed by atoms with Gasteiger partial charge in [-0.15, -0.1) is 0 Å². The van der Waals surface area contributed by atoms with Crippen molar-refractivity contribution in [1.29, 1.82) is 0 Å². The molecule has 0 saturated carbocycles. The van der Waals surface area contributed by atoms with Crippen molar-refractivity contribution < 1.29 is 18.0 Å². The molecule has 0 aliphatic carbocycles. The first kappa shape index (κ1) is 26.2. The highest BCUT2D eigenvalue weighted by Crippen LogP contribution is 2.30. The molecule has 0 heterocycles. The van der Waals surface area contributed by atoms with Crippen LogP contribution in [0.1, 0.15) is 18.1 Å². The minimum Gasteiger partial charge on any atom is -0.357 e. The summed E-state index contributed by atoms with van der Waals surface area (Å²) in [5.74, 6) is -0.902. The lowest BCUT2D eigenvalue weighted by Crippen LogP contribution is -2.50. The highest BCUT2D eigenvalue weighted by Gasteiger charge is 2.33. The number of benzene rings is 3. The molecule has 35 heavy (non-hydrogen) atoms. The lowest BCUT2D eigenvalue weighted by Gasteiger charge is -2.32. The maximum Gasteiger partial charge on any atom is 0.264 e. The number of nitrogens with zero attached hydrogens (tertiary/aromatic N) is 2. The Morgan fingerprint density at radius 3 is 2.14 bits per heavy atom. The van der Waals surface area contributed by atoms with Crippen molar-refractivity contribution in [2.24, 2.45) is 0 Å². The maximum atomic E-state index is 13.7. The quantitative estimate of drug-likeness (QED) is 0.468. The van der Waals surface area contributed by atoms with E-state index in [9.17, 15) is 18.0 Å². The highest BCUT2D eigenvalue weighted by atomic mass is 35.5. The maximum absolute atomic E-state index is 13.7. The number of likely N-dealkylation sites (N-methyl/N-ethyl adjacent to an activating group) is 1. The third-order valence-corrected chi connectivity index (χ3v) is 7.71. The molecule has 0 fully saturated rings. The summed E-state index contributed by atoms with van der Waals surface area (Å²) < 4.78 is 28.4. The predicted molar refractivity (Wildman–Crippen MR) is 138 cm³/mol. The van der Waals surface area contributed by atoms with Gasteiger partial charge in [-0.3, -0.25) is 13.9 Å². The Balaban J connectivity index is 2.04. The van der Waals surface area contributed by atoms with Gasteiger partial charge in [0.15, 0.2) is 0 Å². The van der Waals surface area contributed by atoms with Crippen LogP contribution < -0.4 is 9.62 Å². The van der Waals surface area contributed by atoms with Crippen molar-refractivity contribution in [2.75, 3.05) is 17.9 Å². The van der Waals surface area contributed by atoms with Gasteiger partial charge in [-0.05, 0) is 43.7 Å². The first-order valence-electron chi connectivity index (χ1n) is 11.0. The Morgan fingerprint density at radius 2 is 1.54 bits per heavy atom. The first-order chi connectivity index (χ1) is 16.6. The minimum absolute atomic E-state index is 0.0322. The molecule has 0 aromatic heterocycles. The Bertz CT molecular complexity index is 1280. The van der Waals surface area contributed by atoms with Gasteiger partial charge in [-0.2, -0.15) is 0 Å². The van der Waals surface area contributed by atoms with E-state index in [0.29, 0.717) is 0 Å². The standard InChI is InChI=1S/C26H28ClN3O4S/c1-19-13-15-22(16-14-19)35(33,34)30(24-12-8-7-11-23(24)27)18-25(31)29(20(2)26(32)28-3)17-21-9-5-4-6-10-21/h4-16,20H,17-18H2,1-3H3,(H,28,32)/t20-/m0/s1. The van der Waals surface area contributed by atoms with Crippen LogP contribution in [0.3, 0.4) is 0 Å². The SMILES string of the molecule is CNC(=O)[C@H](C)N(Cc1ccccc1)C(=O)CN(c1ccccc1Cl)S(=O)(=O)c1ccc(C)cc1. The zero-order valence-corrected chi connectivity index (χ0v) is 21.4. The summed E-state index contributed by atoms with van der Waals surface area (Å²) in [6, 6.07) is 21.2. The van der Waals surface area contributed by atoms with Gasteiger partial charge in [-0.1, -0.05) is 71.8 Å². The van der Waals surface area contributed by atoms with Gasteiger partial charge in [-0.25, -0.2) is 8.42 Å². The first-order valence-corrected chi connectivity index (χ1v) is 12.9. The van der Waals surface area contributed by atoms with Crippen LogP contribution in [0.4, 0.5) is 5.69 Å². The highest BCUT2D eigenvalue weighted by molar-refractivity contribution is 7.92. The van der Waals surface area contributed by atoms with Crippen molar-refractivity contribution in [2.45, 2.75) is 31.3 Å². The monoisotopic (exact) mass is 513 g/mol. The molecule has 3 aromatic rings. The predicted octanol–water partition coefficient (Wildman–Crippen LogP) is 4.01. The average Bonchev–Trinajstić information content (AvgIpc) is 2.86. The van der Waals surface area contributed by atoms with E-state index in [4.69, 9.17) is 11.6 Å². The van der Waals surface area contributed by atoms with Gasteiger partial charge < -0.3 is 10.2 Å². The van der Waals surface area contributed by atoms with Crippen LogP contribution in [-0.2, 0) is 26.2 Å². The number of nitrogens with one attached hydrogen (secondary N) is 1. The molecule has 0 spiro atoms. The molecule has 7 nitrogen and oxygen atoms in total. The number of aryl methyl sites for hydroxylation is 1. The number of sulfonamides is 1.